The van der Waals surface area contributed by atoms with Gasteiger partial charge in [-0.2, -0.15) is 4.98 Å². The van der Waals surface area contributed by atoms with E-state index in [9.17, 15) is 0 Å². The molecule has 0 aliphatic heterocycles. The maximum absolute atomic E-state index is 4.80. The van der Waals surface area contributed by atoms with Gasteiger partial charge >= 0.3 is 0 Å². The summed E-state index contributed by atoms with van der Waals surface area (Å²) in [5.41, 5.74) is 0. The molecule has 0 atom stereocenters. The number of hydrogen-bond acceptors (Lipinski definition) is 5. The van der Waals surface area contributed by atoms with E-state index in [1.165, 1.54) is 6.20 Å². The van der Waals surface area contributed by atoms with Crippen LogP contribution in [0.1, 0.15) is 5.89 Å². The summed E-state index contributed by atoms with van der Waals surface area (Å²) in [7, 11) is 0. The largest absolute Gasteiger partial charge is 0.353 e. The van der Waals surface area contributed by atoms with Gasteiger partial charge in [-0.3, -0.25) is 0 Å². The van der Waals surface area contributed by atoms with Crippen LogP contribution in [0.2, 0.25) is 0 Å². The Morgan fingerprint density at radius 1 is 1.36 bits per heavy atom. The number of nitrogens with zero attached hydrogens (tertiary/aromatic N) is 3. The predicted octanol–water partition coefficient (Wildman–Crippen LogP) is 1.03. The molecule has 0 aromatic carbocycles. The van der Waals surface area contributed by atoms with Gasteiger partial charge in [0, 0.05) is 13.0 Å². The minimum atomic E-state index is 0.431. The summed E-state index contributed by atoms with van der Waals surface area (Å²) >= 11 is 0. The lowest BCUT2D eigenvalue weighted by Crippen LogP contribution is -1.75. The molecule has 0 radical (unpaired) electrons. The quantitative estimate of drug-likeness (QED) is 0.609. The van der Waals surface area contributed by atoms with Gasteiger partial charge in [0.15, 0.2) is 0 Å². The molecular formula is C6H5N3O2. The molecule has 2 heterocycles. The van der Waals surface area contributed by atoms with Gasteiger partial charge in [-0.05, 0) is 0 Å². The molecule has 56 valence electrons. The fourth-order valence-electron chi connectivity index (χ4n) is 0.730. The van der Waals surface area contributed by atoms with Gasteiger partial charge in [-0.15, -0.1) is 0 Å². The monoisotopic (exact) mass is 151 g/mol. The van der Waals surface area contributed by atoms with Crippen LogP contribution in [0.4, 0.5) is 0 Å². The lowest BCUT2D eigenvalue weighted by Gasteiger charge is -1.78. The van der Waals surface area contributed by atoms with Crippen LogP contribution in [0.3, 0.4) is 0 Å². The second-order valence-electron chi connectivity index (χ2n) is 2.01. The standard InChI is InChI=1S/C6H5N3O2/c1-4-8-6(9-10-4)5-2-3-7-11-5/h2-3H,1H3. The highest BCUT2D eigenvalue weighted by atomic mass is 16.5. The Hall–Kier alpha value is -1.65. The third-order valence-electron chi connectivity index (χ3n) is 1.19. The minimum Gasteiger partial charge on any atom is -0.353 e. The van der Waals surface area contributed by atoms with Gasteiger partial charge in [-0.1, -0.05) is 10.3 Å². The maximum atomic E-state index is 4.80. The van der Waals surface area contributed by atoms with E-state index in [2.05, 4.69) is 15.3 Å². The third-order valence-corrected chi connectivity index (χ3v) is 1.19. The van der Waals surface area contributed by atoms with Gasteiger partial charge in [0.05, 0.1) is 6.20 Å². The summed E-state index contributed by atoms with van der Waals surface area (Å²) in [6.45, 7) is 1.72. The molecule has 0 saturated heterocycles. The normalized spacial score (nSPS) is 10.3. The molecule has 2 aromatic rings. The molecule has 0 bridgehead atoms. The van der Waals surface area contributed by atoms with Crippen LogP contribution in [-0.4, -0.2) is 15.3 Å². The molecule has 0 aliphatic rings. The topological polar surface area (TPSA) is 65.0 Å². The molecule has 0 aliphatic carbocycles. The summed E-state index contributed by atoms with van der Waals surface area (Å²) in [6, 6.07) is 1.67. The SMILES string of the molecule is Cc1nc(-c2ccno2)no1. The zero-order chi connectivity index (χ0) is 7.68. The molecule has 0 amide bonds. The average Bonchev–Trinajstić information content (AvgIpc) is 2.55. The highest BCUT2D eigenvalue weighted by Gasteiger charge is 2.07. The fourth-order valence-corrected chi connectivity index (χ4v) is 0.730. The van der Waals surface area contributed by atoms with Crippen LogP contribution < -0.4 is 0 Å². The number of aryl methyl sites for hydroxylation is 1. The summed E-state index contributed by atoms with van der Waals surface area (Å²) in [4.78, 5) is 3.94. The number of rotatable bonds is 1. The molecule has 2 aromatic heterocycles. The lowest BCUT2D eigenvalue weighted by molar-refractivity contribution is 0.388. The molecule has 5 heteroatoms. The van der Waals surface area contributed by atoms with E-state index < -0.39 is 0 Å². The first-order valence-electron chi connectivity index (χ1n) is 3.07. The highest BCUT2D eigenvalue weighted by Crippen LogP contribution is 2.13. The van der Waals surface area contributed by atoms with Crippen LogP contribution in [-0.2, 0) is 0 Å². The van der Waals surface area contributed by atoms with E-state index in [0.717, 1.165) is 0 Å². The summed E-state index contributed by atoms with van der Waals surface area (Å²) in [6.07, 6.45) is 1.53. The van der Waals surface area contributed by atoms with Crippen LogP contribution >= 0.6 is 0 Å². The smallest absolute Gasteiger partial charge is 0.241 e. The first-order chi connectivity index (χ1) is 5.36. The van der Waals surface area contributed by atoms with E-state index >= 15 is 0 Å². The second-order valence-corrected chi connectivity index (χ2v) is 2.01. The van der Waals surface area contributed by atoms with Crippen molar-refractivity contribution in [2.45, 2.75) is 6.92 Å². The van der Waals surface area contributed by atoms with E-state index in [4.69, 9.17) is 9.05 Å². The van der Waals surface area contributed by atoms with Gasteiger partial charge in [-0.25, -0.2) is 0 Å². The Kier molecular flexibility index (Phi) is 1.21. The molecular weight excluding hydrogens is 146 g/mol. The Balaban J connectivity index is 2.45. The predicted molar refractivity (Wildman–Crippen MR) is 34.5 cm³/mol. The molecule has 0 N–H and O–H groups in total. The van der Waals surface area contributed by atoms with Crippen molar-refractivity contribution in [3.63, 3.8) is 0 Å². The Bertz CT molecular complexity index is 338. The third kappa shape index (κ3) is 1.000. The van der Waals surface area contributed by atoms with Crippen LogP contribution in [0.25, 0.3) is 11.6 Å². The van der Waals surface area contributed by atoms with Crippen molar-refractivity contribution in [2.75, 3.05) is 0 Å². The molecule has 5 nitrogen and oxygen atoms in total. The summed E-state index contributed by atoms with van der Waals surface area (Å²) in [5, 5.41) is 7.15. The average molecular weight is 151 g/mol. The fraction of sp³-hybridized carbons (Fsp3) is 0.167. The van der Waals surface area contributed by atoms with Crippen molar-refractivity contribution in [1.82, 2.24) is 15.3 Å². The van der Waals surface area contributed by atoms with Crippen molar-refractivity contribution >= 4 is 0 Å². The molecule has 0 unspecified atom stereocenters. The second kappa shape index (κ2) is 2.19. The van der Waals surface area contributed by atoms with E-state index in [0.29, 0.717) is 17.5 Å². The molecule has 0 saturated carbocycles. The van der Waals surface area contributed by atoms with Crippen LogP contribution in [0, 0.1) is 6.92 Å². The van der Waals surface area contributed by atoms with Crippen LogP contribution in [0.15, 0.2) is 21.3 Å². The Morgan fingerprint density at radius 3 is 2.82 bits per heavy atom. The zero-order valence-electron chi connectivity index (χ0n) is 5.81. The lowest BCUT2D eigenvalue weighted by atomic mass is 10.4. The molecule has 0 fully saturated rings. The molecule has 0 spiro atoms. The van der Waals surface area contributed by atoms with E-state index in [-0.39, 0.29) is 0 Å². The minimum absolute atomic E-state index is 0.431. The van der Waals surface area contributed by atoms with Crippen molar-refractivity contribution in [3.05, 3.63) is 18.2 Å². The Morgan fingerprint density at radius 2 is 2.27 bits per heavy atom. The van der Waals surface area contributed by atoms with E-state index in [1.807, 2.05) is 0 Å². The first-order valence-corrected chi connectivity index (χ1v) is 3.07. The van der Waals surface area contributed by atoms with Gasteiger partial charge < -0.3 is 9.05 Å². The summed E-state index contributed by atoms with van der Waals surface area (Å²) < 4.78 is 9.54. The van der Waals surface area contributed by atoms with Crippen molar-refractivity contribution in [3.8, 4) is 11.6 Å². The van der Waals surface area contributed by atoms with Crippen molar-refractivity contribution in [1.29, 1.82) is 0 Å². The van der Waals surface area contributed by atoms with Crippen LogP contribution in [0.5, 0.6) is 0 Å². The van der Waals surface area contributed by atoms with Gasteiger partial charge in [0.2, 0.25) is 17.5 Å². The van der Waals surface area contributed by atoms with Gasteiger partial charge in [0.25, 0.3) is 0 Å². The van der Waals surface area contributed by atoms with Crippen molar-refractivity contribution < 1.29 is 9.05 Å². The highest BCUT2D eigenvalue weighted by molar-refractivity contribution is 5.43. The summed E-state index contributed by atoms with van der Waals surface area (Å²) in [5.74, 6) is 1.46. The maximum Gasteiger partial charge on any atom is 0.241 e. The number of aromatic nitrogens is 3. The van der Waals surface area contributed by atoms with Crippen molar-refractivity contribution in [2.24, 2.45) is 0 Å². The number of hydrogen-bond donors (Lipinski definition) is 0. The first kappa shape index (κ1) is 6.09. The van der Waals surface area contributed by atoms with E-state index in [1.54, 1.807) is 13.0 Å². The Labute approximate surface area is 62.0 Å². The van der Waals surface area contributed by atoms with Gasteiger partial charge in [0.1, 0.15) is 0 Å². The zero-order valence-corrected chi connectivity index (χ0v) is 5.81. The molecule has 2 rings (SSSR count). The molecule has 11 heavy (non-hydrogen) atoms.